The number of benzene rings is 1. The predicted molar refractivity (Wildman–Crippen MR) is 243 cm³/mol. The minimum Gasteiger partial charge on any atom is -0.497 e. The molecule has 1 aliphatic heterocycles. The molecule has 23 nitrogen and oxygen atoms in total. The van der Waals surface area contributed by atoms with Crippen LogP contribution in [0, 0.1) is 11.8 Å². The largest absolute Gasteiger partial charge is 0.497 e. The van der Waals surface area contributed by atoms with Crippen LogP contribution in [0.5, 0.6) is 5.75 Å². The summed E-state index contributed by atoms with van der Waals surface area (Å²) in [6, 6.07) is -0.585. The number of carbonyl (C=O) groups is 8. The first kappa shape index (κ1) is 53.6. The number of nitrogens with zero attached hydrogens (tertiary/aromatic N) is 2. The third-order valence-electron chi connectivity index (χ3n) is 10.6. The van der Waals surface area contributed by atoms with E-state index in [1.54, 1.807) is 32.0 Å². The van der Waals surface area contributed by atoms with E-state index in [1.807, 2.05) is 13.8 Å². The average Bonchev–Trinajstić information content (AvgIpc) is 3.75. The monoisotopic (exact) mass is 926 g/mol. The van der Waals surface area contributed by atoms with Crippen LogP contribution in [0.2, 0.25) is 0 Å². The number of nitrogens with one attached hydrogen (secondary N) is 6. The van der Waals surface area contributed by atoms with Crippen molar-refractivity contribution in [3.8, 4) is 5.75 Å². The van der Waals surface area contributed by atoms with Crippen molar-refractivity contribution in [2.24, 2.45) is 39.8 Å². The number of hydrogen-bond donors (Lipinski definition) is 10. The van der Waals surface area contributed by atoms with Crippen LogP contribution >= 0.6 is 0 Å². The molecule has 6 unspecified atom stereocenters. The van der Waals surface area contributed by atoms with Crippen molar-refractivity contribution in [2.45, 2.75) is 116 Å². The second kappa shape index (κ2) is 25.6. The molecule has 66 heavy (non-hydrogen) atoms. The molecule has 6 atom stereocenters. The quantitative estimate of drug-likeness (QED) is 0.0213. The zero-order valence-corrected chi connectivity index (χ0v) is 38.4. The van der Waals surface area contributed by atoms with Crippen molar-refractivity contribution < 1.29 is 47.5 Å². The number of rotatable bonds is 25. The normalized spacial score (nSPS) is 15.7. The SMILES string of the molecule is COc1ccc2c(CC(=O)N3CCCC3C(=O)NC(CC(C)C)C(=O)NCC(=O)NC(CC(C)C)C(=O)NC(CN)C(=O)NC(C)C(=O)NC(CCCN=C(N)N)C(N)=O)cc(=O)oc2c1. The van der Waals surface area contributed by atoms with E-state index in [1.165, 1.54) is 25.0 Å². The van der Waals surface area contributed by atoms with E-state index in [0.717, 1.165) is 0 Å². The molecule has 0 radical (unpaired) electrons. The third kappa shape index (κ3) is 16.7. The number of nitrogens with two attached hydrogens (primary N) is 4. The zero-order valence-electron chi connectivity index (χ0n) is 38.4. The van der Waals surface area contributed by atoms with Crippen molar-refractivity contribution in [1.29, 1.82) is 0 Å². The number of guanidine groups is 1. The number of methoxy groups -OCH3 is 1. The van der Waals surface area contributed by atoms with Crippen molar-refractivity contribution in [3.63, 3.8) is 0 Å². The minimum absolute atomic E-state index is 0.0722. The van der Waals surface area contributed by atoms with Gasteiger partial charge in [0.15, 0.2) is 5.96 Å². The summed E-state index contributed by atoms with van der Waals surface area (Å²) in [5.41, 5.74) is 21.9. The van der Waals surface area contributed by atoms with Gasteiger partial charge in [-0.05, 0) is 75.0 Å². The first-order chi connectivity index (χ1) is 31.1. The summed E-state index contributed by atoms with van der Waals surface area (Å²) in [6.07, 6.45) is 1.47. The van der Waals surface area contributed by atoms with Crippen LogP contribution in [0.3, 0.4) is 0 Å². The van der Waals surface area contributed by atoms with Gasteiger partial charge in [-0.25, -0.2) is 4.79 Å². The van der Waals surface area contributed by atoms with E-state index in [-0.39, 0.29) is 68.7 Å². The first-order valence-electron chi connectivity index (χ1n) is 21.9. The molecule has 364 valence electrons. The molecule has 3 rings (SSSR count). The van der Waals surface area contributed by atoms with E-state index < -0.39 is 95.7 Å². The molecule has 1 aromatic carbocycles. The molecule has 2 aromatic rings. The highest BCUT2D eigenvalue weighted by molar-refractivity contribution is 5.97. The van der Waals surface area contributed by atoms with Crippen LogP contribution in [0.1, 0.15) is 78.7 Å². The number of fused-ring (bicyclic) bond motifs is 1. The summed E-state index contributed by atoms with van der Waals surface area (Å²) >= 11 is 0. The van der Waals surface area contributed by atoms with Gasteiger partial charge in [0, 0.05) is 37.2 Å². The van der Waals surface area contributed by atoms with E-state index in [0.29, 0.717) is 36.0 Å². The van der Waals surface area contributed by atoms with Gasteiger partial charge in [0.1, 0.15) is 47.6 Å². The topological polar surface area (TPSA) is 368 Å². The predicted octanol–water partition coefficient (Wildman–Crippen LogP) is -2.52. The van der Waals surface area contributed by atoms with Crippen LogP contribution in [0.25, 0.3) is 11.0 Å². The van der Waals surface area contributed by atoms with Gasteiger partial charge < -0.3 is 68.9 Å². The lowest BCUT2D eigenvalue weighted by molar-refractivity contribution is -0.139. The van der Waals surface area contributed by atoms with Crippen LogP contribution in [0.4, 0.5) is 0 Å². The number of likely N-dealkylation sites (tertiary alicyclic amines) is 1. The molecule has 0 aliphatic carbocycles. The summed E-state index contributed by atoms with van der Waals surface area (Å²) in [5.74, 6) is -5.34. The first-order valence-corrected chi connectivity index (χ1v) is 21.9. The summed E-state index contributed by atoms with van der Waals surface area (Å²) < 4.78 is 10.5. The molecule has 14 N–H and O–H groups in total. The summed E-state index contributed by atoms with van der Waals surface area (Å²) in [6.45, 7) is 8.19. The second-order valence-corrected chi connectivity index (χ2v) is 17.0. The van der Waals surface area contributed by atoms with Gasteiger partial charge in [-0.2, -0.15) is 0 Å². The highest BCUT2D eigenvalue weighted by Crippen LogP contribution is 2.25. The molecule has 0 saturated carbocycles. The fourth-order valence-electron chi connectivity index (χ4n) is 7.26. The zero-order chi connectivity index (χ0) is 49.2. The Morgan fingerprint density at radius 2 is 1.45 bits per heavy atom. The lowest BCUT2D eigenvalue weighted by Crippen LogP contribution is -2.59. The molecule has 23 heteroatoms. The molecular weight excluding hydrogens is 861 g/mol. The van der Waals surface area contributed by atoms with Gasteiger partial charge in [0.25, 0.3) is 0 Å². The molecule has 1 aromatic heterocycles. The van der Waals surface area contributed by atoms with E-state index in [2.05, 4.69) is 36.9 Å². The van der Waals surface area contributed by atoms with Crippen molar-refractivity contribution in [3.05, 3.63) is 40.2 Å². The smallest absolute Gasteiger partial charge is 0.336 e. The van der Waals surface area contributed by atoms with Crippen LogP contribution < -0.4 is 65.2 Å². The number of carbonyl (C=O) groups excluding carboxylic acids is 8. The number of amides is 8. The molecule has 1 saturated heterocycles. The Morgan fingerprint density at radius 1 is 0.818 bits per heavy atom. The maximum absolute atomic E-state index is 13.7. The highest BCUT2D eigenvalue weighted by Gasteiger charge is 2.37. The lowest BCUT2D eigenvalue weighted by atomic mass is 10.0. The molecule has 1 aliphatic rings. The van der Waals surface area contributed by atoms with Gasteiger partial charge >= 0.3 is 5.63 Å². The molecule has 2 heterocycles. The maximum Gasteiger partial charge on any atom is 0.336 e. The summed E-state index contributed by atoms with van der Waals surface area (Å²) in [7, 11) is 1.47. The Labute approximate surface area is 382 Å². The summed E-state index contributed by atoms with van der Waals surface area (Å²) in [5, 5.41) is 15.8. The van der Waals surface area contributed by atoms with E-state index in [9.17, 15) is 43.2 Å². The molecule has 0 bridgehead atoms. The Balaban J connectivity index is 1.60. The maximum atomic E-state index is 13.7. The van der Waals surface area contributed by atoms with Crippen molar-refractivity contribution in [2.75, 3.05) is 33.3 Å². The van der Waals surface area contributed by atoms with Crippen molar-refractivity contribution >= 4 is 64.2 Å². The number of aliphatic imine (C=N–C) groups is 1. The van der Waals surface area contributed by atoms with Crippen LogP contribution in [-0.4, -0.2) is 128 Å². The summed E-state index contributed by atoms with van der Waals surface area (Å²) in [4.78, 5) is 123. The van der Waals surface area contributed by atoms with Gasteiger partial charge in [-0.1, -0.05) is 27.7 Å². The van der Waals surface area contributed by atoms with E-state index >= 15 is 0 Å². The van der Waals surface area contributed by atoms with Crippen LogP contribution in [-0.2, 0) is 44.8 Å². The van der Waals surface area contributed by atoms with Gasteiger partial charge in [-0.3, -0.25) is 43.3 Å². The van der Waals surface area contributed by atoms with Crippen LogP contribution in [0.15, 0.2) is 38.5 Å². The Morgan fingerprint density at radius 3 is 2.06 bits per heavy atom. The average molecular weight is 927 g/mol. The Kier molecular flexibility index (Phi) is 20.8. The van der Waals surface area contributed by atoms with Gasteiger partial charge in [0.2, 0.25) is 47.3 Å². The van der Waals surface area contributed by atoms with Crippen molar-refractivity contribution in [1.82, 2.24) is 36.8 Å². The highest BCUT2D eigenvalue weighted by atomic mass is 16.5. The number of primary amides is 1. The van der Waals surface area contributed by atoms with E-state index in [4.69, 9.17) is 32.1 Å². The molecule has 1 fully saturated rings. The number of ether oxygens (including phenoxy) is 1. The minimum atomic E-state index is -1.33. The molecular formula is C43H66N12O11. The Bertz CT molecular complexity index is 2160. The second-order valence-electron chi connectivity index (χ2n) is 17.0. The number of hydrogen-bond acceptors (Lipinski definition) is 13. The van der Waals surface area contributed by atoms with Gasteiger partial charge in [-0.15, -0.1) is 0 Å². The lowest BCUT2D eigenvalue weighted by Gasteiger charge is -2.27. The Hall–Kier alpha value is -6.78. The third-order valence-corrected chi connectivity index (χ3v) is 10.6. The van der Waals surface area contributed by atoms with Gasteiger partial charge in [0.05, 0.1) is 20.1 Å². The fourth-order valence-corrected chi connectivity index (χ4v) is 7.26. The fraction of sp³-hybridized carbons (Fsp3) is 0.581. The standard InChI is InChI=1S/C43H66N12O11/c1-22(2)15-29(53-42(64)32-10-8-14-55(32)35(57)17-25-18-36(58)66-33-19-26(65-6)11-12-27(25)33)39(61)49-21-34(56)51-30(16-23(3)4)40(62)54-31(20-44)41(63)50-24(5)38(60)52-28(37(45)59)9-7-13-48-43(46)47/h11-12,18-19,22-24,28-32H,7-10,13-17,20-21,44H2,1-6H3,(H2,45,59)(H,49,61)(H,50,63)(H,51,56)(H,52,60)(H,53,64)(H,54,62)(H4,46,47,48). The molecule has 0 spiro atoms. The molecule has 8 amide bonds.